The Kier molecular flexibility index (Phi) is 3.40. The van der Waals surface area contributed by atoms with Crippen LogP contribution >= 0.6 is 27.7 Å². The highest BCUT2D eigenvalue weighted by atomic mass is 79.9. The Morgan fingerprint density at radius 3 is 2.75 bits per heavy atom. The van der Waals surface area contributed by atoms with Gasteiger partial charge in [-0.15, -0.1) is 11.8 Å². The maximum atomic E-state index is 5.15. The lowest BCUT2D eigenvalue weighted by molar-refractivity contribution is 0.408. The van der Waals surface area contributed by atoms with E-state index in [-0.39, 0.29) is 0 Å². The molecule has 0 saturated carbocycles. The van der Waals surface area contributed by atoms with Crippen LogP contribution in [0.25, 0.3) is 0 Å². The summed E-state index contributed by atoms with van der Waals surface area (Å²) < 4.78 is 6.03. The summed E-state index contributed by atoms with van der Waals surface area (Å²) in [4.78, 5) is 5.29. The summed E-state index contributed by atoms with van der Waals surface area (Å²) in [6, 6.07) is 0. The number of hydrogen-bond donors (Lipinski definition) is 0. The van der Waals surface area contributed by atoms with Crippen LogP contribution in [0.1, 0.15) is 5.56 Å². The molecule has 0 unspecified atom stereocenters. The van der Waals surface area contributed by atoms with Crippen LogP contribution in [0.4, 0.5) is 0 Å². The van der Waals surface area contributed by atoms with E-state index in [0.717, 1.165) is 20.8 Å². The molecule has 0 bridgehead atoms. The average Bonchev–Trinajstić information content (AvgIpc) is 2.06. The smallest absolute Gasteiger partial charge is 0.141 e. The van der Waals surface area contributed by atoms with Crippen molar-refractivity contribution in [3.8, 4) is 5.75 Å². The molecule has 0 N–H and O–H groups in total. The summed E-state index contributed by atoms with van der Waals surface area (Å²) in [5, 5.41) is 0. The third-order valence-electron chi connectivity index (χ3n) is 1.62. The largest absolute Gasteiger partial charge is 0.495 e. The summed E-state index contributed by atoms with van der Waals surface area (Å²) in [6.07, 6.45) is 3.74. The molecule has 1 rings (SSSR count). The lowest BCUT2D eigenvalue weighted by Crippen LogP contribution is -1.92. The number of nitrogens with zero attached hydrogens (tertiary/aromatic N) is 1. The van der Waals surface area contributed by atoms with Crippen LogP contribution in [0.5, 0.6) is 5.75 Å². The van der Waals surface area contributed by atoms with Gasteiger partial charge in [0, 0.05) is 10.5 Å². The molecular weight excluding hydrogens is 238 g/mol. The van der Waals surface area contributed by atoms with Crippen molar-refractivity contribution in [3.63, 3.8) is 0 Å². The molecular formula is C8H10BrNOS. The van der Waals surface area contributed by atoms with E-state index in [1.165, 1.54) is 0 Å². The van der Waals surface area contributed by atoms with E-state index in [4.69, 9.17) is 4.74 Å². The highest BCUT2D eigenvalue weighted by molar-refractivity contribution is 9.10. The Labute approximate surface area is 84.9 Å². The Morgan fingerprint density at radius 2 is 2.25 bits per heavy atom. The van der Waals surface area contributed by atoms with Gasteiger partial charge in [0.15, 0.2) is 0 Å². The second kappa shape index (κ2) is 4.14. The van der Waals surface area contributed by atoms with E-state index < -0.39 is 0 Å². The first-order valence-electron chi connectivity index (χ1n) is 3.43. The summed E-state index contributed by atoms with van der Waals surface area (Å²) in [5.74, 6) is 0.836. The van der Waals surface area contributed by atoms with Crippen molar-refractivity contribution in [2.45, 2.75) is 11.8 Å². The molecule has 0 fully saturated rings. The first kappa shape index (κ1) is 9.86. The van der Waals surface area contributed by atoms with Crippen molar-refractivity contribution in [2.24, 2.45) is 0 Å². The van der Waals surface area contributed by atoms with Gasteiger partial charge in [-0.3, -0.25) is 0 Å². The van der Waals surface area contributed by atoms with E-state index >= 15 is 0 Å². The van der Waals surface area contributed by atoms with Crippen LogP contribution in [0.3, 0.4) is 0 Å². The minimum absolute atomic E-state index is 0.836. The van der Waals surface area contributed by atoms with Gasteiger partial charge in [0.25, 0.3) is 0 Å². The number of halogens is 1. The summed E-state index contributed by atoms with van der Waals surface area (Å²) in [5.41, 5.74) is 1.13. The zero-order valence-corrected chi connectivity index (χ0v) is 9.62. The highest BCUT2D eigenvalue weighted by Gasteiger charge is 2.08. The zero-order valence-electron chi connectivity index (χ0n) is 7.22. The number of pyridine rings is 1. The standard InChI is InChI=1S/C8H10BrNOS/c1-5-6(11-2)4-10-8(9)7(5)12-3/h4H,1-3H3. The second-order valence-electron chi connectivity index (χ2n) is 2.28. The molecule has 2 nitrogen and oxygen atoms in total. The second-order valence-corrected chi connectivity index (χ2v) is 3.84. The van der Waals surface area contributed by atoms with Gasteiger partial charge in [-0.05, 0) is 29.1 Å². The zero-order chi connectivity index (χ0) is 9.14. The quantitative estimate of drug-likeness (QED) is 0.593. The summed E-state index contributed by atoms with van der Waals surface area (Å²) >= 11 is 5.05. The molecule has 66 valence electrons. The first-order valence-corrected chi connectivity index (χ1v) is 5.45. The molecule has 0 saturated heterocycles. The van der Waals surface area contributed by atoms with E-state index in [9.17, 15) is 0 Å². The molecule has 0 amide bonds. The molecule has 0 radical (unpaired) electrons. The Morgan fingerprint density at radius 1 is 1.58 bits per heavy atom. The molecule has 0 aliphatic rings. The van der Waals surface area contributed by atoms with Crippen LogP contribution in [0, 0.1) is 6.92 Å². The van der Waals surface area contributed by atoms with Gasteiger partial charge in [-0.25, -0.2) is 4.98 Å². The maximum Gasteiger partial charge on any atom is 0.141 e. The molecule has 0 aliphatic heterocycles. The molecule has 0 atom stereocenters. The lowest BCUT2D eigenvalue weighted by Gasteiger charge is -2.08. The number of methoxy groups -OCH3 is 1. The fourth-order valence-electron chi connectivity index (χ4n) is 0.980. The molecule has 0 aromatic carbocycles. The van der Waals surface area contributed by atoms with Crippen LogP contribution < -0.4 is 4.74 Å². The lowest BCUT2D eigenvalue weighted by atomic mass is 10.3. The van der Waals surface area contributed by atoms with Crippen LogP contribution in [0.2, 0.25) is 0 Å². The van der Waals surface area contributed by atoms with Gasteiger partial charge in [0.2, 0.25) is 0 Å². The Balaban J connectivity index is 3.24. The van der Waals surface area contributed by atoms with Crippen molar-refractivity contribution >= 4 is 27.7 Å². The van der Waals surface area contributed by atoms with Crippen molar-refractivity contribution in [3.05, 3.63) is 16.4 Å². The van der Waals surface area contributed by atoms with Gasteiger partial charge in [-0.1, -0.05) is 0 Å². The molecule has 1 aromatic rings. The average molecular weight is 248 g/mol. The normalized spacial score (nSPS) is 10.0. The van der Waals surface area contributed by atoms with Crippen molar-refractivity contribution in [1.82, 2.24) is 4.98 Å². The van der Waals surface area contributed by atoms with E-state index in [0.29, 0.717) is 0 Å². The maximum absolute atomic E-state index is 5.15. The molecule has 0 spiro atoms. The minimum Gasteiger partial charge on any atom is -0.495 e. The number of hydrogen-bond acceptors (Lipinski definition) is 3. The number of rotatable bonds is 2. The predicted molar refractivity (Wildman–Crippen MR) is 55.0 cm³/mol. The fraction of sp³-hybridized carbons (Fsp3) is 0.375. The third-order valence-corrected chi connectivity index (χ3v) is 3.39. The van der Waals surface area contributed by atoms with Gasteiger partial charge >= 0.3 is 0 Å². The molecule has 1 heterocycles. The van der Waals surface area contributed by atoms with Crippen molar-refractivity contribution < 1.29 is 4.74 Å². The van der Waals surface area contributed by atoms with E-state index in [2.05, 4.69) is 20.9 Å². The Bertz CT molecular complexity index is 291. The van der Waals surface area contributed by atoms with Gasteiger partial charge in [-0.2, -0.15) is 0 Å². The van der Waals surface area contributed by atoms with Crippen LogP contribution in [-0.2, 0) is 0 Å². The summed E-state index contributed by atoms with van der Waals surface area (Å²) in [6.45, 7) is 2.02. The monoisotopic (exact) mass is 247 g/mol. The van der Waals surface area contributed by atoms with E-state index in [1.807, 2.05) is 13.2 Å². The molecule has 4 heteroatoms. The SMILES string of the molecule is COc1cnc(Br)c(SC)c1C. The van der Waals surface area contributed by atoms with Crippen LogP contribution in [0.15, 0.2) is 15.7 Å². The topological polar surface area (TPSA) is 22.1 Å². The van der Waals surface area contributed by atoms with Gasteiger partial charge < -0.3 is 4.74 Å². The van der Waals surface area contributed by atoms with E-state index in [1.54, 1.807) is 25.1 Å². The summed E-state index contributed by atoms with van der Waals surface area (Å²) in [7, 11) is 1.65. The molecule has 0 aliphatic carbocycles. The number of aromatic nitrogens is 1. The third kappa shape index (κ3) is 1.75. The number of ether oxygens (including phenoxy) is 1. The first-order chi connectivity index (χ1) is 5.70. The van der Waals surface area contributed by atoms with Crippen molar-refractivity contribution in [1.29, 1.82) is 0 Å². The molecule has 1 aromatic heterocycles. The number of thioether (sulfide) groups is 1. The molecule has 12 heavy (non-hydrogen) atoms. The highest BCUT2D eigenvalue weighted by Crippen LogP contribution is 2.32. The predicted octanol–water partition coefficient (Wildman–Crippen LogP) is 2.88. The van der Waals surface area contributed by atoms with Crippen LogP contribution in [-0.4, -0.2) is 18.3 Å². The minimum atomic E-state index is 0.836. The Hall–Kier alpha value is -0.220. The fourth-order valence-corrected chi connectivity index (χ4v) is 2.49. The van der Waals surface area contributed by atoms with Crippen molar-refractivity contribution in [2.75, 3.05) is 13.4 Å². The van der Waals surface area contributed by atoms with Gasteiger partial charge in [0.1, 0.15) is 10.4 Å². The van der Waals surface area contributed by atoms with Gasteiger partial charge in [0.05, 0.1) is 13.3 Å².